The van der Waals surface area contributed by atoms with Crippen molar-refractivity contribution in [3.8, 4) is 6.07 Å². The number of nitriles is 1. The maximum Gasteiger partial charge on any atom is 0.293 e. The zero-order valence-electron chi connectivity index (χ0n) is 20.3. The summed E-state index contributed by atoms with van der Waals surface area (Å²) in [4.78, 5) is 31.4. The first-order valence-corrected chi connectivity index (χ1v) is 12.3. The molecular formula is C28H29N5O3. The Hall–Kier alpha value is -4.09. The van der Waals surface area contributed by atoms with Gasteiger partial charge in [0.05, 0.1) is 11.6 Å². The highest BCUT2D eigenvalue weighted by Crippen LogP contribution is 2.26. The van der Waals surface area contributed by atoms with Gasteiger partial charge in [0.2, 0.25) is 5.91 Å². The molecule has 3 heterocycles. The minimum atomic E-state index is -0.523. The highest BCUT2D eigenvalue weighted by atomic mass is 16.3. The van der Waals surface area contributed by atoms with Gasteiger partial charge in [0.15, 0.2) is 5.76 Å². The lowest BCUT2D eigenvalue weighted by molar-refractivity contribution is -0.118. The first-order chi connectivity index (χ1) is 17.5. The van der Waals surface area contributed by atoms with Crippen molar-refractivity contribution in [2.75, 3.05) is 37.6 Å². The molecule has 2 aromatic carbocycles. The van der Waals surface area contributed by atoms with Crippen LogP contribution >= 0.6 is 0 Å². The fourth-order valence-electron chi connectivity index (χ4n) is 4.90. The maximum absolute atomic E-state index is 12.1. The van der Waals surface area contributed by atoms with Gasteiger partial charge < -0.3 is 14.3 Å². The number of benzene rings is 2. The third-order valence-electron chi connectivity index (χ3n) is 6.82. The summed E-state index contributed by atoms with van der Waals surface area (Å²) < 4.78 is 5.60. The zero-order valence-corrected chi connectivity index (χ0v) is 20.3. The topological polar surface area (TPSA) is 105 Å². The molecule has 5 rings (SSSR count). The molecule has 4 aromatic rings. The highest BCUT2D eigenvalue weighted by molar-refractivity contribution is 6.04. The van der Waals surface area contributed by atoms with Gasteiger partial charge in [-0.15, -0.1) is 0 Å². The summed E-state index contributed by atoms with van der Waals surface area (Å²) in [5, 5.41) is 13.4. The van der Waals surface area contributed by atoms with Crippen molar-refractivity contribution in [3.05, 3.63) is 65.5 Å². The number of aromatic amines is 1. The number of rotatable bonds is 7. The third-order valence-corrected chi connectivity index (χ3v) is 6.82. The molecule has 2 N–H and O–H groups in total. The number of furan rings is 1. The SMILES string of the molecule is CC(=O)NC(=O)c1cc2cc(N3CCN(CCCCc4c[nH]c5ccc(C#N)cc45)CC3)ccc2o1. The van der Waals surface area contributed by atoms with E-state index in [1.165, 1.54) is 12.5 Å². The predicted molar refractivity (Wildman–Crippen MR) is 139 cm³/mol. The van der Waals surface area contributed by atoms with E-state index < -0.39 is 11.8 Å². The Morgan fingerprint density at radius 2 is 1.92 bits per heavy atom. The van der Waals surface area contributed by atoms with E-state index in [0.29, 0.717) is 11.1 Å². The van der Waals surface area contributed by atoms with E-state index >= 15 is 0 Å². The number of nitrogens with one attached hydrogen (secondary N) is 2. The summed E-state index contributed by atoms with van der Waals surface area (Å²) in [5.41, 5.74) is 4.81. The Balaban J connectivity index is 1.11. The van der Waals surface area contributed by atoms with Crippen LogP contribution in [0.5, 0.6) is 0 Å². The smallest absolute Gasteiger partial charge is 0.293 e. The van der Waals surface area contributed by atoms with Crippen LogP contribution in [0.15, 0.2) is 53.1 Å². The van der Waals surface area contributed by atoms with Crippen molar-refractivity contribution in [1.29, 1.82) is 5.26 Å². The molecule has 184 valence electrons. The molecule has 0 atom stereocenters. The van der Waals surface area contributed by atoms with Crippen LogP contribution in [0.4, 0.5) is 5.69 Å². The average Bonchev–Trinajstić information content (AvgIpc) is 3.50. The van der Waals surface area contributed by atoms with Crippen LogP contribution in [0, 0.1) is 11.3 Å². The minimum absolute atomic E-state index is 0.139. The molecule has 1 saturated heterocycles. The second kappa shape index (κ2) is 10.3. The van der Waals surface area contributed by atoms with Gasteiger partial charge in [-0.3, -0.25) is 19.8 Å². The van der Waals surface area contributed by atoms with Crippen molar-refractivity contribution in [1.82, 2.24) is 15.2 Å². The Bertz CT molecular complexity index is 1450. The normalized spacial score (nSPS) is 14.3. The van der Waals surface area contributed by atoms with E-state index in [1.54, 1.807) is 6.07 Å². The molecule has 0 saturated carbocycles. The van der Waals surface area contributed by atoms with Crippen molar-refractivity contribution < 1.29 is 14.0 Å². The molecule has 0 radical (unpaired) electrons. The maximum atomic E-state index is 12.1. The number of hydrogen-bond donors (Lipinski definition) is 2. The molecule has 2 amide bonds. The number of amides is 2. The first kappa shape index (κ1) is 23.6. The number of carbonyl (C=O) groups excluding carboxylic acids is 2. The van der Waals surface area contributed by atoms with Gasteiger partial charge in [-0.05, 0) is 73.8 Å². The monoisotopic (exact) mass is 483 g/mol. The Kier molecular flexibility index (Phi) is 6.74. The van der Waals surface area contributed by atoms with Gasteiger partial charge in [-0.1, -0.05) is 0 Å². The number of H-pyrrole nitrogens is 1. The highest BCUT2D eigenvalue weighted by Gasteiger charge is 2.19. The number of carbonyl (C=O) groups is 2. The number of aromatic nitrogens is 1. The molecular weight excluding hydrogens is 454 g/mol. The van der Waals surface area contributed by atoms with Crippen LogP contribution in [0.1, 0.15) is 41.4 Å². The zero-order chi connectivity index (χ0) is 25.1. The van der Waals surface area contributed by atoms with Crippen LogP contribution in [-0.4, -0.2) is 54.4 Å². The second-order valence-electron chi connectivity index (χ2n) is 9.31. The molecule has 0 spiro atoms. The number of aryl methyl sites for hydroxylation is 1. The number of unbranched alkanes of at least 4 members (excludes halogenated alkanes) is 1. The third kappa shape index (κ3) is 5.11. The van der Waals surface area contributed by atoms with Gasteiger partial charge in [-0.25, -0.2) is 0 Å². The fraction of sp³-hybridized carbons (Fsp3) is 0.321. The molecule has 8 heteroatoms. The van der Waals surface area contributed by atoms with E-state index in [4.69, 9.17) is 4.42 Å². The number of fused-ring (bicyclic) bond motifs is 2. The van der Waals surface area contributed by atoms with Crippen molar-refractivity contribution >= 4 is 39.4 Å². The lowest BCUT2D eigenvalue weighted by atomic mass is 10.1. The van der Waals surface area contributed by atoms with E-state index in [2.05, 4.69) is 32.4 Å². The molecule has 36 heavy (non-hydrogen) atoms. The van der Waals surface area contributed by atoms with Gasteiger partial charge in [0.25, 0.3) is 5.91 Å². The number of hydrogen-bond acceptors (Lipinski definition) is 6. The van der Waals surface area contributed by atoms with E-state index in [-0.39, 0.29) is 5.76 Å². The lowest BCUT2D eigenvalue weighted by Gasteiger charge is -2.36. The van der Waals surface area contributed by atoms with Gasteiger partial charge >= 0.3 is 0 Å². The molecule has 1 aliphatic rings. The number of piperazine rings is 1. The Morgan fingerprint density at radius 1 is 1.08 bits per heavy atom. The van der Waals surface area contributed by atoms with Crippen molar-refractivity contribution in [3.63, 3.8) is 0 Å². The molecule has 0 unspecified atom stereocenters. The summed E-state index contributed by atoms with van der Waals surface area (Å²) in [6.45, 7) is 6.28. The molecule has 0 aliphatic carbocycles. The van der Waals surface area contributed by atoms with Gasteiger partial charge in [-0.2, -0.15) is 5.26 Å². The predicted octanol–water partition coefficient (Wildman–Crippen LogP) is 4.21. The first-order valence-electron chi connectivity index (χ1n) is 12.3. The fourth-order valence-corrected chi connectivity index (χ4v) is 4.90. The second-order valence-corrected chi connectivity index (χ2v) is 9.31. The van der Waals surface area contributed by atoms with E-state index in [9.17, 15) is 14.9 Å². The lowest BCUT2D eigenvalue weighted by Crippen LogP contribution is -2.46. The van der Waals surface area contributed by atoms with Crippen molar-refractivity contribution in [2.24, 2.45) is 0 Å². The van der Waals surface area contributed by atoms with Gasteiger partial charge in [0.1, 0.15) is 5.58 Å². The summed E-state index contributed by atoms with van der Waals surface area (Å²) in [7, 11) is 0. The standard InChI is InChI=1S/C28H29N5O3/c1-19(34)31-28(35)27-16-22-15-23(6-8-26(22)36-27)33-12-10-32(11-13-33)9-3-2-4-21-18-30-25-7-5-20(17-29)14-24(21)25/h5-8,14-16,18,30H,2-4,9-13H2,1H3,(H,31,34,35). The van der Waals surface area contributed by atoms with Crippen molar-refractivity contribution in [2.45, 2.75) is 26.2 Å². The number of imide groups is 1. The van der Waals surface area contributed by atoms with Crippen LogP contribution < -0.4 is 10.2 Å². The summed E-state index contributed by atoms with van der Waals surface area (Å²) >= 11 is 0. The van der Waals surface area contributed by atoms with E-state index in [0.717, 1.165) is 74.0 Å². The van der Waals surface area contributed by atoms with Crippen LogP contribution in [0.2, 0.25) is 0 Å². The summed E-state index contributed by atoms with van der Waals surface area (Å²) in [6, 6.07) is 15.7. The molecule has 2 aromatic heterocycles. The Labute approximate surface area is 209 Å². The largest absolute Gasteiger partial charge is 0.451 e. The van der Waals surface area contributed by atoms with Gasteiger partial charge in [0, 0.05) is 61.3 Å². The molecule has 0 bridgehead atoms. The van der Waals surface area contributed by atoms with Crippen LogP contribution in [0.25, 0.3) is 21.9 Å². The van der Waals surface area contributed by atoms with Crippen LogP contribution in [0.3, 0.4) is 0 Å². The van der Waals surface area contributed by atoms with Crippen LogP contribution in [-0.2, 0) is 11.2 Å². The number of anilines is 1. The molecule has 1 aliphatic heterocycles. The quantitative estimate of drug-likeness (QED) is 0.382. The summed E-state index contributed by atoms with van der Waals surface area (Å²) in [6.07, 6.45) is 5.32. The summed E-state index contributed by atoms with van der Waals surface area (Å²) in [5.74, 6) is -0.794. The number of nitrogens with zero attached hydrogens (tertiary/aromatic N) is 3. The molecule has 1 fully saturated rings. The molecule has 8 nitrogen and oxygen atoms in total. The Morgan fingerprint density at radius 3 is 2.69 bits per heavy atom. The average molecular weight is 484 g/mol. The van der Waals surface area contributed by atoms with E-state index in [1.807, 2.05) is 36.4 Å². The minimum Gasteiger partial charge on any atom is -0.451 e.